The number of nitrogens with one attached hydrogen (secondary N) is 2. The first-order chi connectivity index (χ1) is 13.0. The average Bonchev–Trinajstić information content (AvgIpc) is 2.69. The predicted octanol–water partition coefficient (Wildman–Crippen LogP) is 2.11. The molecule has 2 aliphatic heterocycles. The van der Waals surface area contributed by atoms with E-state index in [1.165, 1.54) is 29.2 Å². The highest BCUT2D eigenvalue weighted by Gasteiger charge is 2.27. The van der Waals surface area contributed by atoms with E-state index in [-0.39, 0.29) is 29.5 Å². The number of hydrogen-bond donors (Lipinski definition) is 2. The molecule has 0 unspecified atom stereocenters. The van der Waals surface area contributed by atoms with E-state index in [0.717, 1.165) is 6.42 Å². The van der Waals surface area contributed by atoms with Crippen LogP contribution in [-0.4, -0.2) is 48.9 Å². The molecule has 7 nitrogen and oxygen atoms in total. The van der Waals surface area contributed by atoms with Crippen LogP contribution in [-0.2, 0) is 9.59 Å². The van der Waals surface area contributed by atoms with Gasteiger partial charge in [0.05, 0.1) is 5.69 Å². The number of benzene rings is 1. The molecule has 2 N–H and O–H groups in total. The Hall–Kier alpha value is -2.90. The van der Waals surface area contributed by atoms with Crippen LogP contribution < -0.4 is 15.5 Å². The monoisotopic (exact) mass is 374 g/mol. The second-order valence-electron chi connectivity index (χ2n) is 6.70. The number of urea groups is 1. The second-order valence-corrected chi connectivity index (χ2v) is 6.70. The topological polar surface area (TPSA) is 81.8 Å². The van der Waals surface area contributed by atoms with Crippen molar-refractivity contribution in [2.45, 2.75) is 19.3 Å². The Balaban J connectivity index is 1.65. The Morgan fingerprint density at radius 3 is 2.67 bits per heavy atom. The molecule has 2 saturated heterocycles. The Morgan fingerprint density at radius 2 is 2.00 bits per heavy atom. The number of halogens is 1. The van der Waals surface area contributed by atoms with Crippen LogP contribution in [0.2, 0.25) is 0 Å². The van der Waals surface area contributed by atoms with Gasteiger partial charge in [-0.1, -0.05) is 6.58 Å². The van der Waals surface area contributed by atoms with Crippen molar-refractivity contribution >= 4 is 29.2 Å². The van der Waals surface area contributed by atoms with Gasteiger partial charge in [-0.2, -0.15) is 0 Å². The highest BCUT2D eigenvalue weighted by Crippen LogP contribution is 2.26. The van der Waals surface area contributed by atoms with E-state index >= 15 is 0 Å². The fourth-order valence-corrected chi connectivity index (χ4v) is 3.39. The standard InChI is InChI=1S/C19H23FN4O3/c1-2-17(25)23-10-6-13(7-11-23)18(26)22-14-4-5-15(20)16(12-14)24-9-3-8-21-19(24)27/h2,4-5,12-13H,1,3,6-11H2,(H,21,27)(H,22,26). The van der Waals surface area contributed by atoms with Crippen molar-refractivity contribution in [3.63, 3.8) is 0 Å². The van der Waals surface area contributed by atoms with Crippen LogP contribution in [0.4, 0.5) is 20.6 Å². The van der Waals surface area contributed by atoms with Crippen molar-refractivity contribution in [3.05, 3.63) is 36.7 Å². The number of anilines is 2. The number of nitrogens with zero attached hydrogens (tertiary/aromatic N) is 2. The molecule has 1 aromatic rings. The van der Waals surface area contributed by atoms with Gasteiger partial charge in [-0.25, -0.2) is 9.18 Å². The van der Waals surface area contributed by atoms with Crippen LogP contribution in [0.1, 0.15) is 19.3 Å². The normalized spacial score (nSPS) is 18.0. The van der Waals surface area contributed by atoms with Crippen LogP contribution in [0.15, 0.2) is 30.9 Å². The maximum absolute atomic E-state index is 14.2. The van der Waals surface area contributed by atoms with Gasteiger partial charge >= 0.3 is 6.03 Å². The van der Waals surface area contributed by atoms with E-state index in [2.05, 4.69) is 17.2 Å². The third kappa shape index (κ3) is 4.27. The minimum atomic E-state index is -0.513. The van der Waals surface area contributed by atoms with Crippen LogP contribution in [0, 0.1) is 11.7 Å². The lowest BCUT2D eigenvalue weighted by Crippen LogP contribution is -2.46. The Labute approximate surface area is 157 Å². The van der Waals surface area contributed by atoms with Crippen molar-refractivity contribution < 1.29 is 18.8 Å². The Kier molecular flexibility index (Phi) is 5.73. The molecule has 27 heavy (non-hydrogen) atoms. The van der Waals surface area contributed by atoms with Crippen molar-refractivity contribution in [3.8, 4) is 0 Å². The van der Waals surface area contributed by atoms with E-state index in [4.69, 9.17) is 0 Å². The molecular weight excluding hydrogens is 351 g/mol. The second kappa shape index (κ2) is 8.20. The summed E-state index contributed by atoms with van der Waals surface area (Å²) in [5, 5.41) is 5.49. The third-order valence-corrected chi connectivity index (χ3v) is 4.94. The molecule has 0 radical (unpaired) electrons. The van der Waals surface area contributed by atoms with Gasteiger partial charge in [0, 0.05) is 37.8 Å². The zero-order valence-electron chi connectivity index (χ0n) is 15.0. The minimum absolute atomic E-state index is 0.128. The summed E-state index contributed by atoms with van der Waals surface area (Å²) in [6.45, 7) is 5.48. The molecule has 8 heteroatoms. The quantitative estimate of drug-likeness (QED) is 0.792. The maximum atomic E-state index is 14.2. The molecule has 0 bridgehead atoms. The molecule has 0 spiro atoms. The lowest BCUT2D eigenvalue weighted by molar-refractivity contribution is -0.130. The smallest absolute Gasteiger partial charge is 0.321 e. The largest absolute Gasteiger partial charge is 0.339 e. The van der Waals surface area contributed by atoms with Crippen LogP contribution in [0.5, 0.6) is 0 Å². The average molecular weight is 374 g/mol. The number of carbonyl (C=O) groups excluding carboxylic acids is 3. The summed E-state index contributed by atoms with van der Waals surface area (Å²) in [7, 11) is 0. The third-order valence-electron chi connectivity index (χ3n) is 4.94. The molecule has 4 amide bonds. The molecule has 2 aliphatic rings. The van der Waals surface area contributed by atoms with Crippen molar-refractivity contribution in [2.24, 2.45) is 5.92 Å². The fraction of sp³-hybridized carbons (Fsp3) is 0.421. The fourth-order valence-electron chi connectivity index (χ4n) is 3.39. The predicted molar refractivity (Wildman–Crippen MR) is 99.9 cm³/mol. The summed E-state index contributed by atoms with van der Waals surface area (Å²) < 4.78 is 14.2. The highest BCUT2D eigenvalue weighted by atomic mass is 19.1. The van der Waals surface area contributed by atoms with Gasteiger partial charge < -0.3 is 15.5 Å². The van der Waals surface area contributed by atoms with Gasteiger partial charge in [0.15, 0.2) is 0 Å². The summed E-state index contributed by atoms with van der Waals surface area (Å²) in [5.74, 6) is -1.02. The molecule has 1 aromatic carbocycles. The van der Waals surface area contributed by atoms with Gasteiger partial charge in [0.25, 0.3) is 0 Å². The summed E-state index contributed by atoms with van der Waals surface area (Å²) in [6.07, 6.45) is 3.13. The van der Waals surface area contributed by atoms with Crippen molar-refractivity contribution in [1.29, 1.82) is 0 Å². The van der Waals surface area contributed by atoms with Gasteiger partial charge in [-0.3, -0.25) is 14.5 Å². The summed E-state index contributed by atoms with van der Waals surface area (Å²) in [6, 6.07) is 3.87. The molecule has 0 aliphatic carbocycles. The SMILES string of the molecule is C=CC(=O)N1CCC(C(=O)Nc2ccc(F)c(N3CCCNC3=O)c2)CC1. The Bertz CT molecular complexity index is 759. The molecule has 2 fully saturated rings. The first kappa shape index (κ1) is 18.9. The zero-order chi connectivity index (χ0) is 19.4. The first-order valence-electron chi connectivity index (χ1n) is 9.06. The molecule has 144 valence electrons. The summed E-state index contributed by atoms with van der Waals surface area (Å²) >= 11 is 0. The van der Waals surface area contributed by atoms with Gasteiger partial charge in [-0.15, -0.1) is 0 Å². The molecule has 2 heterocycles. The van der Waals surface area contributed by atoms with Gasteiger partial charge in [0.1, 0.15) is 5.82 Å². The number of hydrogen-bond acceptors (Lipinski definition) is 3. The van der Waals surface area contributed by atoms with Gasteiger partial charge in [-0.05, 0) is 43.5 Å². The van der Waals surface area contributed by atoms with Crippen LogP contribution in [0.3, 0.4) is 0 Å². The van der Waals surface area contributed by atoms with Crippen LogP contribution >= 0.6 is 0 Å². The van der Waals surface area contributed by atoms with E-state index in [1.807, 2.05) is 0 Å². The zero-order valence-corrected chi connectivity index (χ0v) is 15.0. The van der Waals surface area contributed by atoms with E-state index in [9.17, 15) is 18.8 Å². The highest BCUT2D eigenvalue weighted by molar-refractivity contribution is 5.96. The van der Waals surface area contributed by atoms with E-state index in [0.29, 0.717) is 44.7 Å². The lowest BCUT2D eigenvalue weighted by atomic mass is 9.95. The number of amides is 4. The van der Waals surface area contributed by atoms with E-state index in [1.54, 1.807) is 4.90 Å². The molecule has 0 atom stereocenters. The molecule has 3 rings (SSSR count). The number of likely N-dealkylation sites (tertiary alicyclic amines) is 1. The minimum Gasteiger partial charge on any atom is -0.339 e. The summed E-state index contributed by atoms with van der Waals surface area (Å²) in [5.41, 5.74) is 0.593. The van der Waals surface area contributed by atoms with Crippen molar-refractivity contribution in [2.75, 3.05) is 36.4 Å². The summed E-state index contributed by atoms with van der Waals surface area (Å²) in [4.78, 5) is 39.1. The van der Waals surface area contributed by atoms with Crippen LogP contribution in [0.25, 0.3) is 0 Å². The molecule has 0 aromatic heterocycles. The van der Waals surface area contributed by atoms with Crippen molar-refractivity contribution in [1.82, 2.24) is 10.2 Å². The molecular formula is C19H23FN4O3. The maximum Gasteiger partial charge on any atom is 0.321 e. The molecule has 0 saturated carbocycles. The lowest BCUT2D eigenvalue weighted by Gasteiger charge is -2.31. The Morgan fingerprint density at radius 1 is 1.26 bits per heavy atom. The van der Waals surface area contributed by atoms with E-state index < -0.39 is 5.82 Å². The number of rotatable bonds is 4. The van der Waals surface area contributed by atoms with Gasteiger partial charge in [0.2, 0.25) is 11.8 Å². The first-order valence-corrected chi connectivity index (χ1v) is 9.06. The number of piperidine rings is 1. The number of carbonyl (C=O) groups is 3.